The molecule has 31 heavy (non-hydrogen) atoms. The summed E-state index contributed by atoms with van der Waals surface area (Å²) in [4.78, 5) is 6.43. The summed E-state index contributed by atoms with van der Waals surface area (Å²) >= 11 is 5.56. The van der Waals surface area contributed by atoms with E-state index < -0.39 is 11.7 Å². The van der Waals surface area contributed by atoms with E-state index >= 15 is 0 Å². The Morgan fingerprint density at radius 3 is 2.65 bits per heavy atom. The van der Waals surface area contributed by atoms with E-state index in [1.165, 1.54) is 6.07 Å². The molecule has 1 aliphatic heterocycles. The van der Waals surface area contributed by atoms with Crippen LogP contribution >= 0.6 is 12.2 Å². The van der Waals surface area contributed by atoms with Crippen LogP contribution in [0.3, 0.4) is 0 Å². The van der Waals surface area contributed by atoms with Crippen LogP contribution in [0.15, 0.2) is 67.0 Å². The smallest absolute Gasteiger partial charge is 0.396 e. The van der Waals surface area contributed by atoms with Gasteiger partial charge in [-0.25, -0.2) is 0 Å². The molecule has 9 heteroatoms. The Balaban J connectivity index is 1.79. The van der Waals surface area contributed by atoms with Gasteiger partial charge in [0.15, 0.2) is 5.11 Å². The molecule has 2 N–H and O–H groups in total. The third kappa shape index (κ3) is 4.28. The van der Waals surface area contributed by atoms with E-state index in [1.54, 1.807) is 29.1 Å². The summed E-state index contributed by atoms with van der Waals surface area (Å²) in [6.45, 7) is 0.513. The molecule has 0 bridgehead atoms. The molecule has 162 valence electrons. The van der Waals surface area contributed by atoms with Gasteiger partial charge in [-0.05, 0) is 61.1 Å². The predicted octanol–water partition coefficient (Wildman–Crippen LogP) is 4.25. The van der Waals surface area contributed by atoms with Gasteiger partial charge in [-0.15, -0.1) is 0 Å². The molecule has 5 nitrogen and oxygen atoms in total. The normalized spacial score (nSPS) is 19.0. The van der Waals surface area contributed by atoms with Crippen LogP contribution in [-0.4, -0.2) is 37.8 Å². The Labute approximate surface area is 183 Å². The Kier molecular flexibility index (Phi) is 5.97. The topological polar surface area (TPSA) is 53.3 Å². The van der Waals surface area contributed by atoms with Crippen molar-refractivity contribution in [1.29, 1.82) is 0 Å². The summed E-state index contributed by atoms with van der Waals surface area (Å²) in [5.41, 5.74) is 1.26. The molecule has 0 aliphatic carbocycles. The Morgan fingerprint density at radius 2 is 1.94 bits per heavy atom. The average molecular weight is 446 g/mol. The number of aliphatic hydroxyl groups excluding tert-OH is 1. The van der Waals surface area contributed by atoms with Crippen LogP contribution in [0.5, 0.6) is 0 Å². The molecule has 4 rings (SSSR count). The van der Waals surface area contributed by atoms with E-state index in [-0.39, 0.29) is 18.7 Å². The van der Waals surface area contributed by atoms with Gasteiger partial charge >= 0.3 is 6.18 Å². The number of aromatic nitrogens is 2. The van der Waals surface area contributed by atoms with E-state index in [9.17, 15) is 18.3 Å². The first-order chi connectivity index (χ1) is 14.9. The Bertz CT molecular complexity index is 1050. The second kappa shape index (κ2) is 8.68. The van der Waals surface area contributed by atoms with Crippen LogP contribution in [0.2, 0.25) is 0 Å². The first-order valence-electron chi connectivity index (χ1n) is 9.84. The number of aliphatic hydroxyl groups is 1. The van der Waals surface area contributed by atoms with Crippen molar-refractivity contribution < 1.29 is 18.3 Å². The van der Waals surface area contributed by atoms with E-state index in [0.717, 1.165) is 23.5 Å². The summed E-state index contributed by atoms with van der Waals surface area (Å²) < 4.78 is 41.6. The monoisotopic (exact) mass is 446 g/mol. The number of alkyl halides is 3. The fourth-order valence-corrected chi connectivity index (χ4v) is 4.24. The van der Waals surface area contributed by atoms with Gasteiger partial charge in [0.25, 0.3) is 0 Å². The molecule has 0 radical (unpaired) electrons. The van der Waals surface area contributed by atoms with Crippen LogP contribution in [0.4, 0.5) is 13.2 Å². The molecule has 3 heterocycles. The molecule has 0 saturated carbocycles. The zero-order chi connectivity index (χ0) is 22.0. The van der Waals surface area contributed by atoms with Crippen LogP contribution in [0.25, 0.3) is 5.69 Å². The van der Waals surface area contributed by atoms with Gasteiger partial charge in [0, 0.05) is 36.9 Å². The molecule has 2 atom stereocenters. The minimum atomic E-state index is -4.43. The number of pyridine rings is 1. The molecule has 2 aromatic heterocycles. The number of halogens is 3. The lowest BCUT2D eigenvalue weighted by Crippen LogP contribution is -2.31. The van der Waals surface area contributed by atoms with Gasteiger partial charge in [0.05, 0.1) is 23.3 Å². The zero-order valence-electron chi connectivity index (χ0n) is 16.5. The first kappa shape index (κ1) is 21.3. The summed E-state index contributed by atoms with van der Waals surface area (Å²) in [5, 5.41) is 13.2. The highest BCUT2D eigenvalue weighted by atomic mass is 32.1. The Morgan fingerprint density at radius 1 is 1.10 bits per heavy atom. The fraction of sp³-hybridized carbons (Fsp3) is 0.273. The maximum atomic E-state index is 13.3. The number of nitrogens with one attached hydrogen (secondary N) is 1. The van der Waals surface area contributed by atoms with Crippen molar-refractivity contribution in [2.45, 2.75) is 24.7 Å². The molecule has 1 saturated heterocycles. The quantitative estimate of drug-likeness (QED) is 0.555. The SMILES string of the molecule is OCCCN1C(=S)N[C@H](c2ccccn2)[C@@H]1c1cccn1-c1cccc(C(F)(F)F)c1. The number of thiocarbonyl (C=S) groups is 1. The highest BCUT2D eigenvalue weighted by Gasteiger charge is 2.41. The van der Waals surface area contributed by atoms with Crippen LogP contribution in [0.1, 0.15) is 35.5 Å². The van der Waals surface area contributed by atoms with Gasteiger partial charge in [0.1, 0.15) is 0 Å². The third-order valence-electron chi connectivity index (χ3n) is 5.29. The summed E-state index contributed by atoms with van der Waals surface area (Å²) in [7, 11) is 0. The number of benzene rings is 1. The minimum absolute atomic E-state index is 0.00866. The second-order valence-corrected chi connectivity index (χ2v) is 7.63. The van der Waals surface area contributed by atoms with Crippen molar-refractivity contribution in [3.63, 3.8) is 0 Å². The molecule has 0 spiro atoms. The highest BCUT2D eigenvalue weighted by molar-refractivity contribution is 7.80. The number of hydrogen-bond acceptors (Lipinski definition) is 3. The molecule has 1 fully saturated rings. The molecule has 1 aliphatic rings. The van der Waals surface area contributed by atoms with E-state index in [1.807, 2.05) is 29.2 Å². The van der Waals surface area contributed by atoms with Crippen molar-refractivity contribution in [3.05, 3.63) is 83.9 Å². The van der Waals surface area contributed by atoms with Crippen molar-refractivity contribution in [2.75, 3.05) is 13.2 Å². The molecule has 0 amide bonds. The van der Waals surface area contributed by atoms with E-state index in [4.69, 9.17) is 12.2 Å². The van der Waals surface area contributed by atoms with Crippen molar-refractivity contribution in [3.8, 4) is 5.69 Å². The van der Waals surface area contributed by atoms with Gasteiger partial charge in [-0.3, -0.25) is 4.98 Å². The van der Waals surface area contributed by atoms with Crippen molar-refractivity contribution in [1.82, 2.24) is 19.8 Å². The van der Waals surface area contributed by atoms with Crippen molar-refractivity contribution in [2.24, 2.45) is 0 Å². The maximum absolute atomic E-state index is 13.3. The van der Waals surface area contributed by atoms with Gasteiger partial charge in [-0.2, -0.15) is 13.2 Å². The van der Waals surface area contributed by atoms with Gasteiger partial charge < -0.3 is 19.9 Å². The summed E-state index contributed by atoms with van der Waals surface area (Å²) in [6, 6.07) is 13.9. The Hall–Kier alpha value is -2.91. The summed E-state index contributed by atoms with van der Waals surface area (Å²) in [6.07, 6.45) is -0.480. The second-order valence-electron chi connectivity index (χ2n) is 7.25. The van der Waals surface area contributed by atoms with Crippen LogP contribution in [0, 0.1) is 0 Å². The lowest BCUT2D eigenvalue weighted by molar-refractivity contribution is -0.137. The van der Waals surface area contributed by atoms with Gasteiger partial charge in [-0.1, -0.05) is 12.1 Å². The fourth-order valence-electron chi connectivity index (χ4n) is 3.91. The lowest BCUT2D eigenvalue weighted by atomic mass is 10.0. The number of rotatable bonds is 6. The maximum Gasteiger partial charge on any atom is 0.416 e. The molecular formula is C22H21F3N4OS. The molecule has 0 unspecified atom stereocenters. The average Bonchev–Trinajstić information content (AvgIpc) is 3.36. The number of nitrogens with zero attached hydrogens (tertiary/aromatic N) is 3. The highest BCUT2D eigenvalue weighted by Crippen LogP contribution is 2.40. The standard InChI is InChI=1S/C22H21F3N4OS/c23-22(24,25)15-6-3-7-16(14-15)28-11-4-9-18(28)20-19(17-8-1-2-10-26-17)27-21(31)29(20)12-5-13-30/h1-4,6-11,14,19-20,30H,5,12-13H2,(H,27,31)/t19-,20+/m1/s1. The minimum Gasteiger partial charge on any atom is -0.396 e. The van der Waals surface area contributed by atoms with E-state index in [2.05, 4.69) is 10.3 Å². The molecular weight excluding hydrogens is 425 g/mol. The van der Waals surface area contributed by atoms with Gasteiger partial charge in [0.2, 0.25) is 0 Å². The largest absolute Gasteiger partial charge is 0.416 e. The first-order valence-corrected chi connectivity index (χ1v) is 10.2. The zero-order valence-corrected chi connectivity index (χ0v) is 17.3. The van der Waals surface area contributed by atoms with Crippen LogP contribution in [-0.2, 0) is 6.18 Å². The third-order valence-corrected chi connectivity index (χ3v) is 5.64. The summed E-state index contributed by atoms with van der Waals surface area (Å²) in [5.74, 6) is 0. The molecule has 3 aromatic rings. The lowest BCUT2D eigenvalue weighted by Gasteiger charge is -2.29. The van der Waals surface area contributed by atoms with E-state index in [0.29, 0.717) is 23.8 Å². The van der Waals surface area contributed by atoms with Crippen molar-refractivity contribution >= 4 is 17.3 Å². The number of hydrogen-bond donors (Lipinski definition) is 2. The molecule has 1 aromatic carbocycles. The van der Waals surface area contributed by atoms with Crippen LogP contribution < -0.4 is 5.32 Å². The predicted molar refractivity (Wildman–Crippen MR) is 115 cm³/mol.